The van der Waals surface area contributed by atoms with Gasteiger partial charge in [0.2, 0.25) is 5.60 Å². The first kappa shape index (κ1) is 38.1. The zero-order valence-electron chi connectivity index (χ0n) is 28.4. The van der Waals surface area contributed by atoms with Crippen LogP contribution in [0.4, 0.5) is 10.9 Å². The molecule has 5 heterocycles. The van der Waals surface area contributed by atoms with Crippen LogP contribution in [0.5, 0.6) is 11.5 Å². The van der Waals surface area contributed by atoms with Crippen LogP contribution in [-0.2, 0) is 24.0 Å². The molecule has 8 N–H and O–H groups in total. The number of aliphatic carboxylic acids is 2. The molecule has 0 spiro atoms. The highest BCUT2D eigenvalue weighted by Crippen LogP contribution is 2.43. The number of phenols is 2. The van der Waals surface area contributed by atoms with E-state index in [-0.39, 0.29) is 33.0 Å². The van der Waals surface area contributed by atoms with Gasteiger partial charge < -0.3 is 46.1 Å². The molecule has 2 fully saturated rings. The van der Waals surface area contributed by atoms with Gasteiger partial charge in [0.1, 0.15) is 40.2 Å². The van der Waals surface area contributed by atoms with Crippen LogP contribution < -0.4 is 16.4 Å². The zero-order valence-corrected chi connectivity index (χ0v) is 31.6. The molecule has 3 aromatic rings. The van der Waals surface area contributed by atoms with Crippen LogP contribution in [0.1, 0.15) is 32.4 Å². The second-order valence-corrected chi connectivity index (χ2v) is 16.4. The number of anilines is 2. The van der Waals surface area contributed by atoms with E-state index < -0.39 is 46.5 Å². The van der Waals surface area contributed by atoms with Gasteiger partial charge in [-0.05, 0) is 26.0 Å². The van der Waals surface area contributed by atoms with E-state index in [9.17, 15) is 39.6 Å². The Bertz CT molecular complexity index is 2030. The highest BCUT2D eigenvalue weighted by atomic mass is 35.5. The summed E-state index contributed by atoms with van der Waals surface area (Å²) in [5, 5.41) is 52.5. The monoisotopic (exact) mass is 807 g/mol. The van der Waals surface area contributed by atoms with Crippen LogP contribution in [0, 0.1) is 0 Å². The lowest BCUT2D eigenvalue weighted by molar-refractivity contribution is -0.910. The molecule has 3 aliphatic heterocycles. The first-order chi connectivity index (χ1) is 25.1. The molecule has 0 unspecified atom stereocenters. The van der Waals surface area contributed by atoms with Crippen LogP contribution in [0.2, 0.25) is 5.02 Å². The molecule has 0 aliphatic carbocycles. The van der Waals surface area contributed by atoms with E-state index in [0.29, 0.717) is 51.8 Å². The second kappa shape index (κ2) is 15.0. The number of hydrogen-bond acceptors (Lipinski definition) is 15. The molecule has 2 amide bonds. The molecule has 0 saturated carbocycles. The van der Waals surface area contributed by atoms with Gasteiger partial charge in [-0.3, -0.25) is 14.5 Å². The molecular formula is C32H36ClN8O9S3+. The number of carboxylic acid groups (broad SMARTS) is 2. The molecular weight excluding hydrogens is 772 g/mol. The molecule has 0 radical (unpaired) electrons. The van der Waals surface area contributed by atoms with E-state index >= 15 is 0 Å². The Labute approximate surface area is 319 Å². The van der Waals surface area contributed by atoms with Crippen molar-refractivity contribution in [3.05, 3.63) is 44.9 Å². The summed E-state index contributed by atoms with van der Waals surface area (Å²) in [6.45, 7) is 5.77. The minimum Gasteiger partial charge on any atom is -0.504 e. The van der Waals surface area contributed by atoms with E-state index in [2.05, 4.69) is 25.8 Å². The Balaban J connectivity index is 1.14. The third kappa shape index (κ3) is 7.72. The van der Waals surface area contributed by atoms with Crippen molar-refractivity contribution in [1.29, 1.82) is 0 Å². The van der Waals surface area contributed by atoms with Crippen molar-refractivity contribution in [2.75, 3.05) is 49.5 Å². The van der Waals surface area contributed by atoms with Crippen molar-refractivity contribution < 1.29 is 48.9 Å². The maximum Gasteiger partial charge on any atom is 0.352 e. The summed E-state index contributed by atoms with van der Waals surface area (Å²) in [7, 11) is 0. The fourth-order valence-electron chi connectivity index (χ4n) is 6.31. The lowest BCUT2D eigenvalue weighted by atomic mass is 10.0. The number of benzene rings is 1. The number of likely N-dealkylation sites (tertiary alicyclic amines) is 1. The number of quaternary nitrogens is 1. The predicted molar refractivity (Wildman–Crippen MR) is 199 cm³/mol. The van der Waals surface area contributed by atoms with Crippen molar-refractivity contribution >= 4 is 86.5 Å². The van der Waals surface area contributed by atoms with E-state index in [4.69, 9.17) is 22.2 Å². The van der Waals surface area contributed by atoms with Gasteiger partial charge in [-0.2, -0.15) is 0 Å². The fraction of sp³-hybridized carbons (Fsp3) is 0.406. The minimum absolute atomic E-state index is 0.00325. The summed E-state index contributed by atoms with van der Waals surface area (Å²) in [4.78, 5) is 66.2. The van der Waals surface area contributed by atoms with Crippen molar-refractivity contribution in [1.82, 2.24) is 20.2 Å². The number of carbonyl (C=O) groups excluding carboxylic acids is 2. The first-order valence-corrected chi connectivity index (χ1v) is 19.5. The predicted octanol–water partition coefficient (Wildman–Crippen LogP) is 2.96. The van der Waals surface area contributed by atoms with Gasteiger partial charge in [-0.1, -0.05) is 16.8 Å². The van der Waals surface area contributed by atoms with Crippen LogP contribution >= 0.6 is 46.0 Å². The number of carbonyl (C=O) groups is 4. The number of thiazole rings is 2. The quantitative estimate of drug-likeness (QED) is 0.0407. The topological polar surface area (TPSA) is 250 Å². The van der Waals surface area contributed by atoms with Gasteiger partial charge in [0.25, 0.3) is 11.8 Å². The number of thioether (sulfide) groups is 1. The van der Waals surface area contributed by atoms with Gasteiger partial charge in [-0.25, -0.2) is 19.6 Å². The number of nitrogens with one attached hydrogen (secondary N) is 2. The Kier molecular flexibility index (Phi) is 10.8. The number of halogens is 1. The maximum absolute atomic E-state index is 13.5. The van der Waals surface area contributed by atoms with Crippen molar-refractivity contribution in [3.63, 3.8) is 0 Å². The Morgan fingerprint density at radius 1 is 1.15 bits per heavy atom. The van der Waals surface area contributed by atoms with Gasteiger partial charge in [0, 0.05) is 40.5 Å². The SMILES string of the molecule is CC(C)(O/N=C(\C(=O)N[C@@H]1C(=O)N2C(C(=O)O)=C(C[N+]3(CCNc4csc(-c5ccc(O)c(O)c5Cl)n4)CCCC3)CS[C@H]12)c1csc(N)n1)C(=O)O. The standard InChI is InChI=1S/C32H35ClN8O9S3/c1-32(2,30(48)49)50-39-21(17-13-53-31(34)36-17)25(44)38-22-27(45)40-23(29(46)47)15(12-52-28(22)40)11-41(8-3-4-9-41)10-7-35-19-14-51-26(37-19)16-5-6-18(42)24(43)20(16)33/h5-6,13-14,22,28,35H,3-4,7-12H2,1-2H3,(H6-,34,36,37,38,39,42,43,44,46,47,48,49)/p+1/t22-,28-/m1/s1. The van der Waals surface area contributed by atoms with Crippen molar-refractivity contribution in [2.45, 2.75) is 43.7 Å². The fourth-order valence-corrected chi connectivity index (χ4v) is 9.30. The third-order valence-corrected chi connectivity index (χ3v) is 12.4. The van der Waals surface area contributed by atoms with Crippen LogP contribution in [0.25, 0.3) is 10.6 Å². The Morgan fingerprint density at radius 2 is 1.89 bits per heavy atom. The molecule has 53 heavy (non-hydrogen) atoms. The summed E-state index contributed by atoms with van der Waals surface area (Å²) >= 11 is 9.91. The number of β-lactam (4-membered cyclic amide) rings is 1. The largest absolute Gasteiger partial charge is 0.504 e. The van der Waals surface area contributed by atoms with Gasteiger partial charge in [0.15, 0.2) is 22.3 Å². The molecule has 2 atom stereocenters. The molecule has 2 saturated heterocycles. The first-order valence-electron chi connectivity index (χ1n) is 16.3. The second-order valence-electron chi connectivity index (χ2n) is 13.2. The summed E-state index contributed by atoms with van der Waals surface area (Å²) in [6, 6.07) is 1.84. The summed E-state index contributed by atoms with van der Waals surface area (Å²) in [5.41, 5.74) is 4.61. The minimum atomic E-state index is -1.78. The molecule has 2 aromatic heterocycles. The number of oxime groups is 1. The Morgan fingerprint density at radius 3 is 2.55 bits per heavy atom. The number of aromatic nitrogens is 2. The van der Waals surface area contributed by atoms with Gasteiger partial charge in [0.05, 0.1) is 31.2 Å². The summed E-state index contributed by atoms with van der Waals surface area (Å²) in [6.07, 6.45) is 1.93. The smallest absolute Gasteiger partial charge is 0.352 e. The molecule has 21 heteroatoms. The number of amides is 2. The molecule has 282 valence electrons. The average molecular weight is 808 g/mol. The summed E-state index contributed by atoms with van der Waals surface area (Å²) in [5.74, 6) is -3.85. The van der Waals surface area contributed by atoms with Crippen LogP contribution in [0.15, 0.2) is 39.3 Å². The van der Waals surface area contributed by atoms with Gasteiger partial charge in [-0.15, -0.1) is 34.4 Å². The van der Waals surface area contributed by atoms with E-state index in [1.54, 1.807) is 6.07 Å². The number of nitrogens with two attached hydrogens (primary N) is 1. The number of hydrogen-bond donors (Lipinski definition) is 7. The molecule has 1 aromatic carbocycles. The average Bonchev–Trinajstić information content (AvgIpc) is 3.88. The number of rotatable bonds is 14. The van der Waals surface area contributed by atoms with Crippen LogP contribution in [0.3, 0.4) is 0 Å². The molecule has 6 rings (SSSR count). The molecule has 0 bridgehead atoms. The van der Waals surface area contributed by atoms with E-state index in [1.807, 2.05) is 5.38 Å². The lowest BCUT2D eigenvalue weighted by Gasteiger charge is -2.50. The third-order valence-electron chi connectivity index (χ3n) is 9.16. The van der Waals surface area contributed by atoms with Crippen molar-refractivity contribution in [3.8, 4) is 22.1 Å². The molecule has 17 nitrogen and oxygen atoms in total. The van der Waals surface area contributed by atoms with Crippen molar-refractivity contribution in [2.24, 2.45) is 5.16 Å². The number of aromatic hydroxyl groups is 2. The zero-order chi connectivity index (χ0) is 38.2. The number of nitrogen functional groups attached to an aromatic ring is 1. The Hall–Kier alpha value is -4.63. The van der Waals surface area contributed by atoms with Gasteiger partial charge >= 0.3 is 11.9 Å². The normalized spacial score (nSPS) is 19.8. The van der Waals surface area contributed by atoms with E-state index in [0.717, 1.165) is 37.3 Å². The lowest BCUT2D eigenvalue weighted by Crippen LogP contribution is -2.71. The summed E-state index contributed by atoms with van der Waals surface area (Å²) < 4.78 is 0.616. The number of phenolic OH excluding ortho intramolecular Hbond substituents is 2. The number of nitrogens with zero attached hydrogens (tertiary/aromatic N) is 5. The molecule has 3 aliphatic rings. The maximum atomic E-state index is 13.5. The highest BCUT2D eigenvalue weighted by molar-refractivity contribution is 8.00. The number of fused-ring (bicyclic) bond motifs is 1. The van der Waals surface area contributed by atoms with E-state index in [1.165, 1.54) is 53.3 Å². The van der Waals surface area contributed by atoms with Crippen LogP contribution in [-0.4, -0.2) is 125 Å². The highest BCUT2D eigenvalue weighted by Gasteiger charge is 2.55. The number of carboxylic acids is 2.